The predicted molar refractivity (Wildman–Crippen MR) is 64.9 cm³/mol. The van der Waals surface area contributed by atoms with Crippen LogP contribution in [0.15, 0.2) is 30.6 Å². The summed E-state index contributed by atoms with van der Waals surface area (Å²) in [5, 5.41) is 9.25. The predicted octanol–water partition coefficient (Wildman–Crippen LogP) is 2.79. The maximum Gasteiger partial charge on any atom is 0.335 e. The van der Waals surface area contributed by atoms with Crippen LogP contribution >= 0.6 is 11.6 Å². The first-order valence-corrected chi connectivity index (χ1v) is 5.56. The van der Waals surface area contributed by atoms with E-state index < -0.39 is 5.97 Å². The van der Waals surface area contributed by atoms with Crippen molar-refractivity contribution in [3.05, 3.63) is 47.0 Å². The average molecular weight is 251 g/mol. The standard InChI is InChI=1S/C12H11ClN2O2/c1-2-11-14-5-6-15(11)10-4-3-8(12(16)17)7-9(10)13/h3-7H,2H2,1H3,(H,16,17). The summed E-state index contributed by atoms with van der Waals surface area (Å²) >= 11 is 6.08. The molecule has 4 nitrogen and oxygen atoms in total. The summed E-state index contributed by atoms with van der Waals surface area (Å²) in [6.07, 6.45) is 4.28. The molecule has 88 valence electrons. The molecule has 0 amide bonds. The summed E-state index contributed by atoms with van der Waals surface area (Å²) in [5.74, 6) is -0.102. The van der Waals surface area contributed by atoms with Crippen LogP contribution in [0.2, 0.25) is 5.02 Å². The molecule has 0 fully saturated rings. The van der Waals surface area contributed by atoms with Gasteiger partial charge in [0.15, 0.2) is 0 Å². The van der Waals surface area contributed by atoms with Gasteiger partial charge in [-0.25, -0.2) is 9.78 Å². The van der Waals surface area contributed by atoms with Crippen LogP contribution in [-0.2, 0) is 6.42 Å². The third-order valence-corrected chi connectivity index (χ3v) is 2.79. The van der Waals surface area contributed by atoms with E-state index >= 15 is 0 Å². The molecule has 0 saturated carbocycles. The molecule has 0 saturated heterocycles. The zero-order valence-corrected chi connectivity index (χ0v) is 9.98. The summed E-state index contributed by atoms with van der Waals surface area (Å²) in [6, 6.07) is 4.66. The van der Waals surface area contributed by atoms with Gasteiger partial charge in [-0.2, -0.15) is 0 Å². The minimum atomic E-state index is -0.986. The largest absolute Gasteiger partial charge is 0.478 e. The van der Waals surface area contributed by atoms with E-state index in [1.165, 1.54) is 12.1 Å². The number of carboxylic acids is 1. The Morgan fingerprint density at radius 1 is 1.53 bits per heavy atom. The van der Waals surface area contributed by atoms with Gasteiger partial charge in [0.1, 0.15) is 5.82 Å². The molecule has 0 bridgehead atoms. The number of carbonyl (C=O) groups is 1. The Morgan fingerprint density at radius 3 is 2.88 bits per heavy atom. The second-order valence-electron chi connectivity index (χ2n) is 3.54. The SMILES string of the molecule is CCc1nccn1-c1ccc(C(=O)O)cc1Cl. The first-order valence-electron chi connectivity index (χ1n) is 5.19. The lowest BCUT2D eigenvalue weighted by atomic mass is 10.2. The highest BCUT2D eigenvalue weighted by molar-refractivity contribution is 6.32. The summed E-state index contributed by atoms with van der Waals surface area (Å²) in [5.41, 5.74) is 0.919. The minimum Gasteiger partial charge on any atom is -0.478 e. The summed E-state index contributed by atoms with van der Waals surface area (Å²) in [4.78, 5) is 15.0. The molecular formula is C12H11ClN2O2. The smallest absolute Gasteiger partial charge is 0.335 e. The second kappa shape index (κ2) is 4.59. The molecule has 1 heterocycles. The summed E-state index contributed by atoms with van der Waals surface area (Å²) < 4.78 is 1.86. The Bertz CT molecular complexity index is 563. The number of aryl methyl sites for hydroxylation is 1. The van der Waals surface area contributed by atoms with Gasteiger partial charge < -0.3 is 9.67 Å². The Labute approximate surface area is 103 Å². The quantitative estimate of drug-likeness (QED) is 0.911. The lowest BCUT2D eigenvalue weighted by Crippen LogP contribution is -2.02. The average Bonchev–Trinajstić information content (AvgIpc) is 2.76. The maximum absolute atomic E-state index is 10.8. The molecular weight excluding hydrogens is 240 g/mol. The third-order valence-electron chi connectivity index (χ3n) is 2.49. The number of rotatable bonds is 3. The van der Waals surface area contributed by atoms with E-state index in [9.17, 15) is 4.79 Å². The molecule has 1 N–H and O–H groups in total. The number of aromatic nitrogens is 2. The summed E-state index contributed by atoms with van der Waals surface area (Å²) in [6.45, 7) is 2.00. The van der Waals surface area contributed by atoms with Gasteiger partial charge in [-0.05, 0) is 18.2 Å². The van der Waals surface area contributed by atoms with Crippen molar-refractivity contribution < 1.29 is 9.90 Å². The lowest BCUT2D eigenvalue weighted by molar-refractivity contribution is 0.0697. The van der Waals surface area contributed by atoms with E-state index in [1.54, 1.807) is 18.5 Å². The van der Waals surface area contributed by atoms with Crippen LogP contribution < -0.4 is 0 Å². The molecule has 1 aromatic carbocycles. The molecule has 0 aliphatic rings. The number of benzene rings is 1. The molecule has 0 aliphatic carbocycles. The highest BCUT2D eigenvalue weighted by atomic mass is 35.5. The molecule has 2 rings (SSSR count). The number of aromatic carboxylic acids is 1. The van der Waals surface area contributed by atoms with E-state index in [2.05, 4.69) is 4.98 Å². The first-order chi connectivity index (χ1) is 8.13. The van der Waals surface area contributed by atoms with Crippen molar-refractivity contribution in [1.82, 2.24) is 9.55 Å². The van der Waals surface area contributed by atoms with Crippen molar-refractivity contribution in [3.8, 4) is 5.69 Å². The van der Waals surface area contributed by atoms with Crippen LogP contribution in [0.1, 0.15) is 23.1 Å². The Morgan fingerprint density at radius 2 is 2.29 bits per heavy atom. The van der Waals surface area contributed by atoms with Crippen molar-refractivity contribution in [2.45, 2.75) is 13.3 Å². The van der Waals surface area contributed by atoms with Gasteiger partial charge in [0.25, 0.3) is 0 Å². The van der Waals surface area contributed by atoms with Crippen LogP contribution in [-0.4, -0.2) is 20.6 Å². The summed E-state index contributed by atoms with van der Waals surface area (Å²) in [7, 11) is 0. The van der Waals surface area contributed by atoms with Crippen LogP contribution in [0.25, 0.3) is 5.69 Å². The number of halogens is 1. The fourth-order valence-electron chi connectivity index (χ4n) is 1.65. The van der Waals surface area contributed by atoms with E-state index in [0.717, 1.165) is 17.9 Å². The van der Waals surface area contributed by atoms with E-state index in [4.69, 9.17) is 16.7 Å². The van der Waals surface area contributed by atoms with Gasteiger partial charge in [-0.15, -0.1) is 0 Å². The monoisotopic (exact) mass is 250 g/mol. The Hall–Kier alpha value is -1.81. The first kappa shape index (κ1) is 11.7. The van der Waals surface area contributed by atoms with Crippen molar-refractivity contribution in [2.24, 2.45) is 0 Å². The molecule has 0 unspecified atom stereocenters. The maximum atomic E-state index is 10.8. The fraction of sp³-hybridized carbons (Fsp3) is 0.167. The molecule has 0 aliphatic heterocycles. The van der Waals surface area contributed by atoms with E-state index in [1.807, 2.05) is 11.5 Å². The van der Waals surface area contributed by atoms with Gasteiger partial charge in [0.2, 0.25) is 0 Å². The second-order valence-corrected chi connectivity index (χ2v) is 3.95. The highest BCUT2D eigenvalue weighted by Crippen LogP contribution is 2.23. The van der Waals surface area contributed by atoms with Crippen molar-refractivity contribution in [1.29, 1.82) is 0 Å². The lowest BCUT2D eigenvalue weighted by Gasteiger charge is -2.09. The van der Waals surface area contributed by atoms with E-state index in [-0.39, 0.29) is 5.56 Å². The highest BCUT2D eigenvalue weighted by Gasteiger charge is 2.10. The molecule has 0 atom stereocenters. The molecule has 2 aromatic rings. The number of carboxylic acid groups (broad SMARTS) is 1. The number of hydrogen-bond acceptors (Lipinski definition) is 2. The van der Waals surface area contributed by atoms with E-state index in [0.29, 0.717) is 5.02 Å². The number of nitrogens with zero attached hydrogens (tertiary/aromatic N) is 2. The molecule has 1 aromatic heterocycles. The van der Waals surface area contributed by atoms with Crippen LogP contribution in [0, 0.1) is 0 Å². The van der Waals surface area contributed by atoms with Crippen molar-refractivity contribution in [3.63, 3.8) is 0 Å². The zero-order chi connectivity index (χ0) is 12.4. The third kappa shape index (κ3) is 2.17. The normalized spacial score (nSPS) is 10.5. The fourth-order valence-corrected chi connectivity index (χ4v) is 1.92. The zero-order valence-electron chi connectivity index (χ0n) is 9.22. The van der Waals surface area contributed by atoms with Crippen LogP contribution in [0.3, 0.4) is 0 Å². The van der Waals surface area contributed by atoms with Crippen LogP contribution in [0.4, 0.5) is 0 Å². The molecule has 0 spiro atoms. The molecule has 5 heteroatoms. The van der Waals surface area contributed by atoms with Gasteiger partial charge in [-0.3, -0.25) is 0 Å². The molecule has 0 radical (unpaired) electrons. The van der Waals surface area contributed by atoms with Crippen LogP contribution in [0.5, 0.6) is 0 Å². The minimum absolute atomic E-state index is 0.178. The Kier molecular flexibility index (Phi) is 3.15. The number of hydrogen-bond donors (Lipinski definition) is 1. The van der Waals surface area contributed by atoms with Gasteiger partial charge >= 0.3 is 5.97 Å². The van der Waals surface area contributed by atoms with Crippen molar-refractivity contribution in [2.75, 3.05) is 0 Å². The van der Waals surface area contributed by atoms with Crippen molar-refractivity contribution >= 4 is 17.6 Å². The topological polar surface area (TPSA) is 55.1 Å². The van der Waals surface area contributed by atoms with Gasteiger partial charge in [0, 0.05) is 18.8 Å². The van der Waals surface area contributed by atoms with Gasteiger partial charge in [0.05, 0.1) is 16.3 Å². The number of imidazole rings is 1. The Balaban J connectivity index is 2.50. The van der Waals surface area contributed by atoms with Gasteiger partial charge in [-0.1, -0.05) is 18.5 Å². The molecule has 17 heavy (non-hydrogen) atoms.